The van der Waals surface area contributed by atoms with Gasteiger partial charge in [0.25, 0.3) is 5.91 Å². The molecule has 172 valence electrons. The Morgan fingerprint density at radius 2 is 1.29 bits per heavy atom. The smallest absolute Gasteiger partial charge is 0.255 e. The van der Waals surface area contributed by atoms with Crippen LogP contribution in [0.1, 0.15) is 15.9 Å². The molecule has 4 aromatic rings. The van der Waals surface area contributed by atoms with Crippen molar-refractivity contribution in [1.82, 2.24) is 4.72 Å². The second-order valence-electron chi connectivity index (χ2n) is 7.52. The van der Waals surface area contributed by atoms with Crippen LogP contribution >= 0.6 is 0 Å². The second-order valence-corrected chi connectivity index (χ2v) is 9.29. The van der Waals surface area contributed by atoms with Crippen molar-refractivity contribution in [2.75, 3.05) is 5.32 Å². The summed E-state index contributed by atoms with van der Waals surface area (Å²) < 4.78 is 54.3. The van der Waals surface area contributed by atoms with E-state index in [4.69, 9.17) is 0 Å². The zero-order chi connectivity index (χ0) is 24.1. The fourth-order valence-corrected chi connectivity index (χ4v) is 4.35. The van der Waals surface area contributed by atoms with Crippen molar-refractivity contribution in [3.8, 4) is 11.1 Å². The molecule has 2 N–H and O–H groups in total. The number of carbonyl (C=O) groups is 1. The quantitative estimate of drug-likeness (QED) is 0.375. The number of halogens is 2. The van der Waals surface area contributed by atoms with E-state index in [9.17, 15) is 22.0 Å². The Hall–Kier alpha value is -3.88. The number of carbonyl (C=O) groups excluding carboxylic acids is 1. The van der Waals surface area contributed by atoms with Crippen LogP contribution in [0.4, 0.5) is 14.5 Å². The second kappa shape index (κ2) is 9.94. The molecule has 0 saturated carbocycles. The minimum Gasteiger partial charge on any atom is -0.322 e. The molecule has 0 spiro atoms. The van der Waals surface area contributed by atoms with E-state index in [1.54, 1.807) is 36.4 Å². The predicted molar refractivity (Wildman–Crippen MR) is 127 cm³/mol. The molecule has 0 bridgehead atoms. The highest BCUT2D eigenvalue weighted by Gasteiger charge is 2.14. The molecule has 1 amide bonds. The number of amides is 1. The molecular weight excluding hydrogens is 458 g/mol. The van der Waals surface area contributed by atoms with Crippen molar-refractivity contribution in [2.45, 2.75) is 11.4 Å². The number of hydrogen-bond donors (Lipinski definition) is 2. The maximum atomic E-state index is 13.3. The molecule has 0 aliphatic heterocycles. The van der Waals surface area contributed by atoms with E-state index in [2.05, 4.69) is 10.0 Å². The zero-order valence-electron chi connectivity index (χ0n) is 17.8. The van der Waals surface area contributed by atoms with Crippen molar-refractivity contribution < 1.29 is 22.0 Å². The largest absolute Gasteiger partial charge is 0.322 e. The highest BCUT2D eigenvalue weighted by Crippen LogP contribution is 2.23. The maximum Gasteiger partial charge on any atom is 0.255 e. The fraction of sp³-hybridized carbons (Fsp3) is 0.0385. The van der Waals surface area contributed by atoms with Gasteiger partial charge in [-0.15, -0.1) is 0 Å². The van der Waals surface area contributed by atoms with E-state index < -0.39 is 27.6 Å². The molecule has 34 heavy (non-hydrogen) atoms. The molecule has 0 aliphatic carbocycles. The summed E-state index contributed by atoms with van der Waals surface area (Å²) in [6, 6.07) is 25.0. The van der Waals surface area contributed by atoms with Gasteiger partial charge in [0.2, 0.25) is 10.0 Å². The molecule has 0 fully saturated rings. The van der Waals surface area contributed by atoms with Gasteiger partial charge >= 0.3 is 0 Å². The van der Waals surface area contributed by atoms with Crippen LogP contribution < -0.4 is 10.0 Å². The van der Waals surface area contributed by atoms with Crippen molar-refractivity contribution in [2.24, 2.45) is 0 Å². The van der Waals surface area contributed by atoms with Crippen molar-refractivity contribution in [3.05, 3.63) is 120 Å². The topological polar surface area (TPSA) is 75.3 Å². The lowest BCUT2D eigenvalue weighted by molar-refractivity contribution is 0.102. The van der Waals surface area contributed by atoms with Crippen molar-refractivity contribution >= 4 is 21.6 Å². The molecule has 0 aliphatic rings. The van der Waals surface area contributed by atoms with E-state index in [0.29, 0.717) is 5.56 Å². The van der Waals surface area contributed by atoms with Crippen LogP contribution in [-0.2, 0) is 16.6 Å². The lowest BCUT2D eigenvalue weighted by Crippen LogP contribution is -2.23. The Morgan fingerprint density at radius 3 is 1.88 bits per heavy atom. The zero-order valence-corrected chi connectivity index (χ0v) is 18.7. The normalized spacial score (nSPS) is 11.2. The molecule has 0 saturated heterocycles. The number of benzene rings is 4. The van der Waals surface area contributed by atoms with Crippen LogP contribution in [0, 0.1) is 11.6 Å². The first kappa shape index (κ1) is 23.3. The van der Waals surface area contributed by atoms with Crippen molar-refractivity contribution in [3.63, 3.8) is 0 Å². The molecule has 0 aromatic heterocycles. The highest BCUT2D eigenvalue weighted by atomic mass is 32.2. The lowest BCUT2D eigenvalue weighted by atomic mass is 10.0. The summed E-state index contributed by atoms with van der Waals surface area (Å²) in [6.07, 6.45) is 0. The van der Waals surface area contributed by atoms with Gasteiger partial charge in [-0.05, 0) is 53.1 Å². The number of rotatable bonds is 7. The molecule has 4 rings (SSSR count). The first-order chi connectivity index (χ1) is 16.3. The highest BCUT2D eigenvalue weighted by molar-refractivity contribution is 7.89. The maximum absolute atomic E-state index is 13.3. The number of sulfonamides is 1. The summed E-state index contributed by atoms with van der Waals surface area (Å²) in [5.74, 6) is -2.08. The first-order valence-electron chi connectivity index (χ1n) is 10.3. The lowest BCUT2D eigenvalue weighted by Gasteiger charge is -2.09. The summed E-state index contributed by atoms with van der Waals surface area (Å²) >= 11 is 0. The summed E-state index contributed by atoms with van der Waals surface area (Å²) in [5.41, 5.74) is 2.71. The SMILES string of the molecule is O=C(Nc1cc(F)cc(F)c1)c1ccc(-c2ccc(S(=O)(=O)NCc3ccccc3)cc2)cc1. The summed E-state index contributed by atoms with van der Waals surface area (Å²) in [5, 5.41) is 2.45. The Kier molecular flexibility index (Phi) is 6.81. The van der Waals surface area contributed by atoms with Crippen LogP contribution in [0.25, 0.3) is 11.1 Å². The van der Waals surface area contributed by atoms with Gasteiger partial charge in [0.05, 0.1) is 4.90 Å². The molecular formula is C26H20F2N2O3S. The van der Waals surface area contributed by atoms with Gasteiger partial charge in [-0.2, -0.15) is 0 Å². The van der Waals surface area contributed by atoms with Gasteiger partial charge in [0.1, 0.15) is 11.6 Å². The summed E-state index contributed by atoms with van der Waals surface area (Å²) in [4.78, 5) is 12.5. The van der Waals surface area contributed by atoms with Gasteiger partial charge in [0.15, 0.2) is 0 Å². The standard InChI is InChI=1S/C26H20F2N2O3S/c27-22-14-23(28)16-24(15-22)30-26(31)21-8-6-19(7-9-21)20-10-12-25(13-11-20)34(32,33)29-17-18-4-2-1-3-5-18/h1-16,29H,17H2,(H,30,31). The third-order valence-corrected chi connectivity index (χ3v) is 6.49. The number of anilines is 1. The molecule has 0 heterocycles. The summed E-state index contributed by atoms with van der Waals surface area (Å²) in [7, 11) is -3.67. The van der Waals surface area contributed by atoms with E-state index >= 15 is 0 Å². The average molecular weight is 479 g/mol. The van der Waals surface area contributed by atoms with Gasteiger partial charge in [-0.25, -0.2) is 21.9 Å². The van der Waals surface area contributed by atoms with Crippen LogP contribution in [0.15, 0.2) is 102 Å². The van der Waals surface area contributed by atoms with E-state index in [1.807, 2.05) is 30.3 Å². The molecule has 5 nitrogen and oxygen atoms in total. The van der Waals surface area contributed by atoms with E-state index in [0.717, 1.165) is 34.9 Å². The Labute approximate surface area is 196 Å². The number of hydrogen-bond acceptors (Lipinski definition) is 3. The van der Waals surface area contributed by atoms with Gasteiger partial charge < -0.3 is 5.32 Å². The Bertz CT molecular complexity index is 1390. The van der Waals surface area contributed by atoms with Crippen molar-refractivity contribution in [1.29, 1.82) is 0 Å². The number of nitrogens with one attached hydrogen (secondary N) is 2. The van der Waals surface area contributed by atoms with Crippen LogP contribution in [0.2, 0.25) is 0 Å². The van der Waals surface area contributed by atoms with Crippen LogP contribution in [-0.4, -0.2) is 14.3 Å². The summed E-state index contributed by atoms with van der Waals surface area (Å²) in [6.45, 7) is 0.191. The van der Waals surface area contributed by atoms with Crippen LogP contribution in [0.3, 0.4) is 0 Å². The molecule has 0 radical (unpaired) electrons. The van der Waals surface area contributed by atoms with E-state index in [1.165, 1.54) is 12.1 Å². The third-order valence-electron chi connectivity index (χ3n) is 5.07. The molecule has 0 atom stereocenters. The Morgan fingerprint density at radius 1 is 0.735 bits per heavy atom. The van der Waals surface area contributed by atoms with Gasteiger partial charge in [0, 0.05) is 23.9 Å². The van der Waals surface area contributed by atoms with Gasteiger partial charge in [-0.3, -0.25) is 4.79 Å². The average Bonchev–Trinajstić information content (AvgIpc) is 2.83. The van der Waals surface area contributed by atoms with E-state index in [-0.39, 0.29) is 17.1 Å². The molecule has 4 aromatic carbocycles. The minimum atomic E-state index is -3.67. The fourth-order valence-electron chi connectivity index (χ4n) is 3.33. The first-order valence-corrected chi connectivity index (χ1v) is 11.8. The van der Waals surface area contributed by atoms with Crippen LogP contribution in [0.5, 0.6) is 0 Å². The molecule has 8 heteroatoms. The monoisotopic (exact) mass is 478 g/mol. The minimum absolute atomic E-state index is 0.0178. The predicted octanol–water partition coefficient (Wildman–Crippen LogP) is 5.36. The van der Waals surface area contributed by atoms with Gasteiger partial charge in [-0.1, -0.05) is 54.6 Å². The Balaban J connectivity index is 1.43. The molecule has 0 unspecified atom stereocenters. The third kappa shape index (κ3) is 5.72.